The van der Waals surface area contributed by atoms with E-state index in [1.807, 2.05) is 24.3 Å². The first-order valence-corrected chi connectivity index (χ1v) is 13.9. The Morgan fingerprint density at radius 3 is 2.33 bits per heavy atom. The van der Waals surface area contributed by atoms with Crippen molar-refractivity contribution in [2.24, 2.45) is 0 Å². The first-order valence-electron chi connectivity index (χ1n) is 13.9. The molecule has 0 bridgehead atoms. The van der Waals surface area contributed by atoms with Crippen LogP contribution >= 0.6 is 0 Å². The molecule has 0 radical (unpaired) electrons. The van der Waals surface area contributed by atoms with Crippen molar-refractivity contribution in [3.05, 3.63) is 35.4 Å². The highest BCUT2D eigenvalue weighted by molar-refractivity contribution is 5.93. The Morgan fingerprint density at radius 2 is 1.67 bits per heavy atom. The third kappa shape index (κ3) is 7.14. The highest BCUT2D eigenvalue weighted by Gasteiger charge is 2.43. The van der Waals surface area contributed by atoms with Gasteiger partial charge in [0.25, 0.3) is 5.91 Å². The van der Waals surface area contributed by atoms with Gasteiger partial charge in [0, 0.05) is 32.0 Å². The Hall–Kier alpha value is -3.47. The van der Waals surface area contributed by atoms with Gasteiger partial charge in [-0.2, -0.15) is 0 Å². The molecule has 4 N–H and O–H groups in total. The van der Waals surface area contributed by atoms with E-state index in [2.05, 4.69) is 21.3 Å². The molecule has 3 saturated heterocycles. The Labute approximate surface area is 228 Å². The number of hydrogen-bond donors (Lipinski definition) is 4. The lowest BCUT2D eigenvalue weighted by Crippen LogP contribution is -2.57. The van der Waals surface area contributed by atoms with Gasteiger partial charge >= 0.3 is 5.97 Å². The summed E-state index contributed by atoms with van der Waals surface area (Å²) in [5.74, 6) is -1.29. The SMILES string of the molecule is CN[C@@H](C)C(=O)NC1CCCCC2CCC(C(=O)NCc3cccc(CNC(=O)[C@H]4CCC(=O)O4)c3)N2C1=O. The Balaban J connectivity index is 1.34. The molecule has 212 valence electrons. The van der Waals surface area contributed by atoms with E-state index in [9.17, 15) is 24.0 Å². The summed E-state index contributed by atoms with van der Waals surface area (Å²) in [6.07, 6.45) is 4.49. The molecule has 0 spiro atoms. The van der Waals surface area contributed by atoms with E-state index in [4.69, 9.17) is 4.74 Å². The molecule has 5 atom stereocenters. The summed E-state index contributed by atoms with van der Waals surface area (Å²) in [7, 11) is 1.70. The van der Waals surface area contributed by atoms with Gasteiger partial charge < -0.3 is 30.9 Å². The number of rotatable bonds is 9. The first-order chi connectivity index (χ1) is 18.8. The summed E-state index contributed by atoms with van der Waals surface area (Å²) in [4.78, 5) is 64.5. The number of cyclic esters (lactones) is 1. The molecule has 11 heteroatoms. The summed E-state index contributed by atoms with van der Waals surface area (Å²) in [6, 6.07) is 5.89. The third-order valence-corrected chi connectivity index (χ3v) is 7.88. The van der Waals surface area contributed by atoms with E-state index in [0.29, 0.717) is 19.3 Å². The largest absolute Gasteiger partial charge is 0.452 e. The fourth-order valence-corrected chi connectivity index (χ4v) is 5.52. The van der Waals surface area contributed by atoms with Crippen LogP contribution in [0.3, 0.4) is 0 Å². The second-order valence-corrected chi connectivity index (χ2v) is 10.6. The molecule has 0 aromatic heterocycles. The molecular weight excluding hydrogens is 502 g/mol. The zero-order valence-electron chi connectivity index (χ0n) is 22.7. The molecule has 11 nitrogen and oxygen atoms in total. The fourth-order valence-electron chi connectivity index (χ4n) is 5.52. The molecule has 1 aromatic rings. The van der Waals surface area contributed by atoms with Gasteiger partial charge in [0.05, 0.1) is 6.04 Å². The monoisotopic (exact) mass is 541 g/mol. The van der Waals surface area contributed by atoms with Crippen LogP contribution in [0.2, 0.25) is 0 Å². The first kappa shape index (κ1) is 28.5. The zero-order valence-corrected chi connectivity index (χ0v) is 22.7. The molecule has 3 fully saturated rings. The molecule has 3 unspecified atom stereocenters. The van der Waals surface area contributed by atoms with Crippen LogP contribution in [-0.4, -0.2) is 71.8 Å². The maximum Gasteiger partial charge on any atom is 0.306 e. The standard InChI is InChI=1S/C28H39N5O6/c1-17(29-2)25(35)32-21-9-4-3-8-20-10-11-22(33(20)28(21)38)26(36)30-15-18-6-5-7-19(14-18)16-31-27(37)23-12-13-24(34)39-23/h5-7,14,17,20-23,29H,3-4,8-13,15-16H2,1-2H3,(H,30,36)(H,31,37)(H,32,35)/t17-,20?,21?,22?,23+/m0/s1. The Kier molecular flexibility index (Phi) is 9.55. The normalized spacial score (nSPS) is 25.6. The van der Waals surface area contributed by atoms with Crippen molar-refractivity contribution in [2.75, 3.05) is 7.05 Å². The van der Waals surface area contributed by atoms with E-state index in [1.165, 1.54) is 0 Å². The maximum absolute atomic E-state index is 13.5. The van der Waals surface area contributed by atoms with Gasteiger partial charge in [-0.1, -0.05) is 37.1 Å². The second kappa shape index (κ2) is 13.1. The van der Waals surface area contributed by atoms with Gasteiger partial charge in [-0.15, -0.1) is 0 Å². The number of carbonyl (C=O) groups is 5. The minimum Gasteiger partial charge on any atom is -0.452 e. The zero-order chi connectivity index (χ0) is 27.9. The van der Waals surface area contributed by atoms with E-state index in [-0.39, 0.29) is 55.2 Å². The van der Waals surface area contributed by atoms with Crippen LogP contribution in [-0.2, 0) is 41.8 Å². The van der Waals surface area contributed by atoms with Crippen LogP contribution in [0.1, 0.15) is 69.4 Å². The van der Waals surface area contributed by atoms with E-state index in [1.54, 1.807) is 18.9 Å². The van der Waals surface area contributed by atoms with Crippen LogP contribution in [0.4, 0.5) is 0 Å². The van der Waals surface area contributed by atoms with Gasteiger partial charge in [0.2, 0.25) is 17.7 Å². The minimum atomic E-state index is -0.735. The van der Waals surface area contributed by atoms with Gasteiger partial charge in [0.1, 0.15) is 12.1 Å². The summed E-state index contributed by atoms with van der Waals surface area (Å²) in [5.41, 5.74) is 1.72. The molecule has 1 aromatic carbocycles. The van der Waals surface area contributed by atoms with Gasteiger partial charge in [-0.3, -0.25) is 24.0 Å². The molecule has 3 aliphatic rings. The molecule has 4 amide bonds. The van der Waals surface area contributed by atoms with Gasteiger partial charge in [-0.25, -0.2) is 0 Å². The second-order valence-electron chi connectivity index (χ2n) is 10.6. The summed E-state index contributed by atoms with van der Waals surface area (Å²) in [5, 5.41) is 11.6. The van der Waals surface area contributed by atoms with Crippen LogP contribution < -0.4 is 21.3 Å². The van der Waals surface area contributed by atoms with E-state index in [0.717, 1.165) is 36.8 Å². The summed E-state index contributed by atoms with van der Waals surface area (Å²) < 4.78 is 5.00. The lowest BCUT2D eigenvalue weighted by Gasteiger charge is -2.35. The van der Waals surface area contributed by atoms with Gasteiger partial charge in [-0.05, 0) is 50.8 Å². The molecule has 0 aliphatic carbocycles. The Bertz CT molecular complexity index is 1090. The maximum atomic E-state index is 13.5. The summed E-state index contributed by atoms with van der Waals surface area (Å²) in [6.45, 7) is 2.30. The number of carbonyl (C=O) groups excluding carboxylic acids is 5. The molecule has 3 aliphatic heterocycles. The fraction of sp³-hybridized carbons (Fsp3) is 0.607. The minimum absolute atomic E-state index is 0.000700. The van der Waals surface area contributed by atoms with Crippen molar-refractivity contribution in [2.45, 2.75) is 102 Å². The number of ether oxygens (including phenoxy) is 1. The molecule has 39 heavy (non-hydrogen) atoms. The average Bonchev–Trinajstić information content (AvgIpc) is 3.56. The van der Waals surface area contributed by atoms with Crippen LogP contribution in [0.15, 0.2) is 24.3 Å². The van der Waals surface area contributed by atoms with Crippen molar-refractivity contribution in [1.29, 1.82) is 0 Å². The highest BCUT2D eigenvalue weighted by atomic mass is 16.6. The highest BCUT2D eigenvalue weighted by Crippen LogP contribution is 2.31. The number of fused-ring (bicyclic) bond motifs is 1. The van der Waals surface area contributed by atoms with E-state index < -0.39 is 24.2 Å². The smallest absolute Gasteiger partial charge is 0.306 e. The van der Waals surface area contributed by atoms with Crippen molar-refractivity contribution >= 4 is 29.6 Å². The van der Waals surface area contributed by atoms with Gasteiger partial charge in [0.15, 0.2) is 6.10 Å². The quantitative estimate of drug-likeness (QED) is 0.336. The predicted molar refractivity (Wildman–Crippen MR) is 142 cm³/mol. The average molecular weight is 542 g/mol. The third-order valence-electron chi connectivity index (χ3n) is 7.88. The van der Waals surface area contributed by atoms with Crippen LogP contribution in [0.5, 0.6) is 0 Å². The lowest BCUT2D eigenvalue weighted by atomic mass is 9.98. The van der Waals surface area contributed by atoms with Crippen molar-refractivity contribution in [3.63, 3.8) is 0 Å². The summed E-state index contributed by atoms with van der Waals surface area (Å²) >= 11 is 0. The predicted octanol–water partition coefficient (Wildman–Crippen LogP) is 0.651. The van der Waals surface area contributed by atoms with Crippen molar-refractivity contribution in [1.82, 2.24) is 26.2 Å². The molecule has 3 heterocycles. The van der Waals surface area contributed by atoms with E-state index >= 15 is 0 Å². The van der Waals surface area contributed by atoms with Crippen molar-refractivity contribution < 1.29 is 28.7 Å². The number of nitrogens with zero attached hydrogens (tertiary/aromatic N) is 1. The number of likely N-dealkylation sites (N-methyl/N-ethyl adjacent to an activating group) is 1. The Morgan fingerprint density at radius 1 is 0.974 bits per heavy atom. The molecular formula is C28H39N5O6. The van der Waals surface area contributed by atoms with Crippen molar-refractivity contribution in [3.8, 4) is 0 Å². The topological polar surface area (TPSA) is 146 Å². The number of benzene rings is 1. The van der Waals surface area contributed by atoms with Crippen LogP contribution in [0.25, 0.3) is 0 Å². The lowest BCUT2D eigenvalue weighted by molar-refractivity contribution is -0.148. The molecule has 0 saturated carbocycles. The number of hydrogen-bond acceptors (Lipinski definition) is 7. The number of esters is 1. The van der Waals surface area contributed by atoms with Crippen LogP contribution in [0, 0.1) is 0 Å². The molecule has 4 rings (SSSR count). The number of nitrogens with one attached hydrogen (secondary N) is 4. The number of amides is 4.